The first-order chi connectivity index (χ1) is 6.19. The van der Waals surface area contributed by atoms with Crippen LogP contribution in [0, 0.1) is 0 Å². The summed E-state index contributed by atoms with van der Waals surface area (Å²) in [4.78, 5) is 22.0. The number of hydrogen-bond donors (Lipinski definition) is 3. The number of nitrogens with one attached hydrogen (secondary N) is 3. The standard InChI is InChI=1S/C7H13N3O3/c1-8-5(6(11)13-2)4-3-9-7(12)10-4/h4-5,8H,3H2,1-2H3,(H2,9,10,12). The van der Waals surface area contributed by atoms with Gasteiger partial charge in [-0.2, -0.15) is 0 Å². The summed E-state index contributed by atoms with van der Waals surface area (Å²) in [6, 6.07) is -0.997. The van der Waals surface area contributed by atoms with Gasteiger partial charge in [0.25, 0.3) is 0 Å². The molecule has 2 unspecified atom stereocenters. The van der Waals surface area contributed by atoms with Gasteiger partial charge in [-0.1, -0.05) is 0 Å². The van der Waals surface area contributed by atoms with E-state index in [4.69, 9.17) is 0 Å². The van der Waals surface area contributed by atoms with E-state index in [-0.39, 0.29) is 18.0 Å². The second kappa shape index (κ2) is 4.08. The van der Waals surface area contributed by atoms with E-state index in [2.05, 4.69) is 20.7 Å². The van der Waals surface area contributed by atoms with Crippen LogP contribution in [0.4, 0.5) is 4.79 Å². The van der Waals surface area contributed by atoms with Gasteiger partial charge in [0, 0.05) is 6.54 Å². The lowest BCUT2D eigenvalue weighted by atomic mass is 10.1. The van der Waals surface area contributed by atoms with Gasteiger partial charge in [0.2, 0.25) is 0 Å². The fourth-order valence-corrected chi connectivity index (χ4v) is 1.28. The van der Waals surface area contributed by atoms with Crippen LogP contribution in [0.2, 0.25) is 0 Å². The molecule has 13 heavy (non-hydrogen) atoms. The summed E-state index contributed by atoms with van der Waals surface area (Å²) < 4.78 is 4.57. The van der Waals surface area contributed by atoms with E-state index in [0.29, 0.717) is 6.54 Å². The van der Waals surface area contributed by atoms with Gasteiger partial charge >= 0.3 is 12.0 Å². The summed E-state index contributed by atoms with van der Waals surface area (Å²) in [7, 11) is 2.96. The number of urea groups is 1. The zero-order valence-corrected chi connectivity index (χ0v) is 7.59. The van der Waals surface area contributed by atoms with E-state index in [9.17, 15) is 9.59 Å². The Morgan fingerprint density at radius 3 is 2.85 bits per heavy atom. The van der Waals surface area contributed by atoms with Gasteiger partial charge in [-0.05, 0) is 7.05 Å². The first-order valence-corrected chi connectivity index (χ1v) is 3.98. The zero-order chi connectivity index (χ0) is 9.84. The van der Waals surface area contributed by atoms with Crippen LogP contribution < -0.4 is 16.0 Å². The van der Waals surface area contributed by atoms with Crippen LogP contribution in [-0.2, 0) is 9.53 Å². The normalized spacial score (nSPS) is 23.2. The molecule has 2 amide bonds. The van der Waals surface area contributed by atoms with E-state index in [1.807, 2.05) is 0 Å². The fraction of sp³-hybridized carbons (Fsp3) is 0.714. The molecule has 0 saturated carbocycles. The van der Waals surface area contributed by atoms with Gasteiger partial charge < -0.3 is 20.7 Å². The lowest BCUT2D eigenvalue weighted by Gasteiger charge is -2.18. The second-order valence-electron chi connectivity index (χ2n) is 2.75. The summed E-state index contributed by atoms with van der Waals surface area (Å²) >= 11 is 0. The Morgan fingerprint density at radius 2 is 2.46 bits per heavy atom. The topological polar surface area (TPSA) is 79.5 Å². The largest absolute Gasteiger partial charge is 0.468 e. The summed E-state index contributed by atoms with van der Waals surface area (Å²) in [5.41, 5.74) is 0. The van der Waals surface area contributed by atoms with Crippen LogP contribution in [0.25, 0.3) is 0 Å². The van der Waals surface area contributed by atoms with E-state index in [0.717, 1.165) is 0 Å². The number of methoxy groups -OCH3 is 1. The van der Waals surface area contributed by atoms with Crippen LogP contribution in [0.5, 0.6) is 0 Å². The summed E-state index contributed by atoms with van der Waals surface area (Å²) in [6.07, 6.45) is 0. The highest BCUT2D eigenvalue weighted by atomic mass is 16.5. The summed E-state index contributed by atoms with van der Waals surface area (Å²) in [5, 5.41) is 7.96. The van der Waals surface area contributed by atoms with Crippen LogP contribution >= 0.6 is 0 Å². The van der Waals surface area contributed by atoms with Crippen LogP contribution in [0.15, 0.2) is 0 Å². The number of amides is 2. The molecule has 0 bridgehead atoms. The van der Waals surface area contributed by atoms with Crippen LogP contribution in [-0.4, -0.2) is 44.8 Å². The molecular weight excluding hydrogens is 174 g/mol. The molecule has 0 radical (unpaired) electrons. The SMILES string of the molecule is CNC(C(=O)OC)C1CNC(=O)N1. The van der Waals surface area contributed by atoms with Gasteiger partial charge in [0.1, 0.15) is 6.04 Å². The monoisotopic (exact) mass is 187 g/mol. The molecule has 0 aromatic rings. The molecule has 1 aliphatic heterocycles. The highest BCUT2D eigenvalue weighted by molar-refractivity contribution is 5.81. The van der Waals surface area contributed by atoms with E-state index < -0.39 is 6.04 Å². The minimum Gasteiger partial charge on any atom is -0.468 e. The minimum absolute atomic E-state index is 0.245. The molecule has 0 spiro atoms. The molecule has 0 aromatic heterocycles. The Labute approximate surface area is 76.0 Å². The average molecular weight is 187 g/mol. The number of esters is 1. The average Bonchev–Trinajstić information content (AvgIpc) is 2.53. The highest BCUT2D eigenvalue weighted by Gasteiger charge is 2.32. The smallest absolute Gasteiger partial charge is 0.325 e. The van der Waals surface area contributed by atoms with Crippen molar-refractivity contribution in [1.82, 2.24) is 16.0 Å². The Bertz CT molecular complexity index is 219. The van der Waals surface area contributed by atoms with Crippen molar-refractivity contribution in [3.05, 3.63) is 0 Å². The number of rotatable bonds is 3. The van der Waals surface area contributed by atoms with Crippen molar-refractivity contribution in [2.75, 3.05) is 20.7 Å². The Hall–Kier alpha value is -1.30. The molecule has 6 nitrogen and oxygen atoms in total. The zero-order valence-electron chi connectivity index (χ0n) is 7.59. The Kier molecular flexibility index (Phi) is 3.07. The maximum absolute atomic E-state index is 11.2. The first-order valence-electron chi connectivity index (χ1n) is 3.98. The second-order valence-corrected chi connectivity index (χ2v) is 2.75. The number of carbonyl (C=O) groups is 2. The van der Waals surface area contributed by atoms with Crippen molar-refractivity contribution in [2.45, 2.75) is 12.1 Å². The maximum Gasteiger partial charge on any atom is 0.325 e. The van der Waals surface area contributed by atoms with Gasteiger partial charge in [-0.3, -0.25) is 4.79 Å². The Morgan fingerprint density at radius 1 is 1.77 bits per heavy atom. The first kappa shape index (κ1) is 9.79. The van der Waals surface area contributed by atoms with Crippen molar-refractivity contribution in [3.8, 4) is 0 Å². The van der Waals surface area contributed by atoms with E-state index >= 15 is 0 Å². The fourth-order valence-electron chi connectivity index (χ4n) is 1.28. The number of carbonyl (C=O) groups excluding carboxylic acids is 2. The van der Waals surface area contributed by atoms with Crippen LogP contribution in [0.1, 0.15) is 0 Å². The molecule has 1 fully saturated rings. The van der Waals surface area contributed by atoms with Gasteiger partial charge in [0.15, 0.2) is 0 Å². The molecule has 0 aliphatic carbocycles. The van der Waals surface area contributed by atoms with E-state index in [1.165, 1.54) is 7.11 Å². The number of likely N-dealkylation sites (N-methyl/N-ethyl adjacent to an activating group) is 1. The van der Waals surface area contributed by atoms with Crippen LogP contribution in [0.3, 0.4) is 0 Å². The predicted molar refractivity (Wildman–Crippen MR) is 45.2 cm³/mol. The Balaban J connectivity index is 2.56. The molecule has 1 aliphatic rings. The van der Waals surface area contributed by atoms with Crippen molar-refractivity contribution in [1.29, 1.82) is 0 Å². The van der Waals surface area contributed by atoms with Crippen molar-refractivity contribution >= 4 is 12.0 Å². The number of ether oxygens (including phenoxy) is 1. The maximum atomic E-state index is 11.2. The summed E-state index contributed by atoms with van der Waals surface area (Å²) in [5.74, 6) is -0.378. The lowest BCUT2D eigenvalue weighted by molar-refractivity contribution is -0.143. The van der Waals surface area contributed by atoms with E-state index in [1.54, 1.807) is 7.05 Å². The van der Waals surface area contributed by atoms with Gasteiger partial charge in [-0.15, -0.1) is 0 Å². The third-order valence-corrected chi connectivity index (χ3v) is 1.97. The molecule has 2 atom stereocenters. The quantitative estimate of drug-likeness (QED) is 0.466. The molecule has 1 saturated heterocycles. The number of hydrogen-bond acceptors (Lipinski definition) is 4. The van der Waals surface area contributed by atoms with Crippen molar-refractivity contribution in [2.24, 2.45) is 0 Å². The minimum atomic E-state index is -0.496. The molecule has 0 aromatic carbocycles. The summed E-state index contributed by atoms with van der Waals surface area (Å²) in [6.45, 7) is 0.430. The van der Waals surface area contributed by atoms with Gasteiger partial charge in [-0.25, -0.2) is 4.79 Å². The van der Waals surface area contributed by atoms with Gasteiger partial charge in [0.05, 0.1) is 13.2 Å². The molecule has 6 heteroatoms. The molecule has 74 valence electrons. The molecule has 3 N–H and O–H groups in total. The molecular formula is C7H13N3O3. The highest BCUT2D eigenvalue weighted by Crippen LogP contribution is 1.99. The molecule has 1 heterocycles. The van der Waals surface area contributed by atoms with Crippen molar-refractivity contribution in [3.63, 3.8) is 0 Å². The molecule has 1 rings (SSSR count). The third kappa shape index (κ3) is 2.09. The lowest BCUT2D eigenvalue weighted by Crippen LogP contribution is -2.51. The predicted octanol–water partition coefficient (Wildman–Crippen LogP) is -1.57. The third-order valence-electron chi connectivity index (χ3n) is 1.97. The van der Waals surface area contributed by atoms with Crippen molar-refractivity contribution < 1.29 is 14.3 Å².